The molecule has 2 rings (SSSR count). The molecule has 1 aromatic rings. The quantitative estimate of drug-likeness (QED) is 0.738. The third-order valence-corrected chi connectivity index (χ3v) is 4.01. The molecule has 0 spiro atoms. The van der Waals surface area contributed by atoms with Crippen LogP contribution in [-0.2, 0) is 6.54 Å². The predicted molar refractivity (Wildman–Crippen MR) is 65.0 cm³/mol. The summed E-state index contributed by atoms with van der Waals surface area (Å²) in [5, 5.41) is 1.06. The molecule has 0 unspecified atom stereocenters. The monoisotopic (exact) mass is 239 g/mol. The molecule has 0 amide bonds. The van der Waals surface area contributed by atoms with Crippen molar-refractivity contribution in [3.05, 3.63) is 15.6 Å². The summed E-state index contributed by atoms with van der Waals surface area (Å²) < 4.78 is 0. The third kappa shape index (κ3) is 2.66. The molecule has 0 bridgehead atoms. The average Bonchev–Trinajstić information content (AvgIpc) is 2.62. The molecule has 4 nitrogen and oxygen atoms in total. The zero-order valence-electron chi connectivity index (χ0n) is 9.77. The molecule has 1 fully saturated rings. The van der Waals surface area contributed by atoms with Crippen molar-refractivity contribution in [2.45, 2.75) is 13.5 Å². The van der Waals surface area contributed by atoms with Crippen molar-refractivity contribution < 1.29 is 4.79 Å². The van der Waals surface area contributed by atoms with Crippen LogP contribution in [-0.4, -0.2) is 54.3 Å². The van der Waals surface area contributed by atoms with Crippen molar-refractivity contribution in [3.8, 4) is 0 Å². The van der Waals surface area contributed by atoms with Crippen molar-refractivity contribution >= 4 is 17.6 Å². The molecular weight excluding hydrogens is 222 g/mol. The predicted octanol–water partition coefficient (Wildman–Crippen LogP) is 1.01. The van der Waals surface area contributed by atoms with Crippen LogP contribution in [0.1, 0.15) is 20.4 Å². The third-order valence-electron chi connectivity index (χ3n) is 2.94. The summed E-state index contributed by atoms with van der Waals surface area (Å²) in [7, 11) is 2.15. The fourth-order valence-electron chi connectivity index (χ4n) is 1.84. The molecular formula is C11H17N3OS. The minimum absolute atomic E-state index is 0.768. The van der Waals surface area contributed by atoms with E-state index in [0.29, 0.717) is 0 Å². The van der Waals surface area contributed by atoms with Gasteiger partial charge in [-0.05, 0) is 14.0 Å². The number of carbonyl (C=O) groups is 1. The van der Waals surface area contributed by atoms with Crippen molar-refractivity contribution in [1.29, 1.82) is 0 Å². The van der Waals surface area contributed by atoms with Crippen LogP contribution in [0.15, 0.2) is 0 Å². The normalized spacial score (nSPS) is 18.9. The van der Waals surface area contributed by atoms with Crippen molar-refractivity contribution in [1.82, 2.24) is 14.8 Å². The van der Waals surface area contributed by atoms with Gasteiger partial charge in [0, 0.05) is 26.2 Å². The first-order chi connectivity index (χ1) is 7.69. The van der Waals surface area contributed by atoms with Crippen LogP contribution in [0, 0.1) is 6.92 Å². The number of likely N-dealkylation sites (N-methyl/N-ethyl adjacent to an activating group) is 1. The van der Waals surface area contributed by atoms with Crippen molar-refractivity contribution in [3.63, 3.8) is 0 Å². The van der Waals surface area contributed by atoms with Crippen molar-refractivity contribution in [2.24, 2.45) is 0 Å². The standard InChI is InChI=1S/C11H17N3OS/c1-9-10(8-15)16-11(12-9)7-14-5-3-13(2)4-6-14/h8H,3-7H2,1-2H3. The fraction of sp³-hybridized carbons (Fsp3) is 0.636. The fourth-order valence-corrected chi connectivity index (χ4v) is 2.76. The Bertz CT molecular complexity index is 369. The molecule has 1 aliphatic rings. The number of rotatable bonds is 3. The van der Waals surface area contributed by atoms with Gasteiger partial charge in [0.25, 0.3) is 0 Å². The minimum atomic E-state index is 0.768. The van der Waals surface area contributed by atoms with E-state index in [2.05, 4.69) is 21.8 Å². The van der Waals surface area contributed by atoms with Crippen LogP contribution < -0.4 is 0 Å². The lowest BCUT2D eigenvalue weighted by molar-refractivity contribution is 0.112. The highest BCUT2D eigenvalue weighted by Gasteiger charge is 2.16. The maximum Gasteiger partial charge on any atom is 0.161 e. The molecule has 1 aliphatic heterocycles. The minimum Gasteiger partial charge on any atom is -0.304 e. The lowest BCUT2D eigenvalue weighted by Crippen LogP contribution is -2.43. The molecule has 0 radical (unpaired) electrons. The zero-order valence-corrected chi connectivity index (χ0v) is 10.6. The molecule has 88 valence electrons. The van der Waals surface area contributed by atoms with E-state index in [1.54, 1.807) is 0 Å². The molecule has 16 heavy (non-hydrogen) atoms. The van der Waals surface area contributed by atoms with Crippen LogP contribution in [0.2, 0.25) is 0 Å². The first-order valence-corrected chi connectivity index (χ1v) is 6.33. The van der Waals surface area contributed by atoms with Crippen molar-refractivity contribution in [2.75, 3.05) is 33.2 Å². The Kier molecular flexibility index (Phi) is 3.68. The lowest BCUT2D eigenvalue weighted by atomic mass is 10.3. The second-order valence-corrected chi connectivity index (χ2v) is 5.37. The lowest BCUT2D eigenvalue weighted by Gasteiger charge is -2.31. The summed E-state index contributed by atoms with van der Waals surface area (Å²) in [6, 6.07) is 0. The second kappa shape index (κ2) is 5.03. The van der Waals surface area contributed by atoms with Gasteiger partial charge in [0.2, 0.25) is 0 Å². The van der Waals surface area contributed by atoms with Gasteiger partial charge in [-0.3, -0.25) is 9.69 Å². The highest BCUT2D eigenvalue weighted by atomic mass is 32.1. The van der Waals surface area contributed by atoms with E-state index in [4.69, 9.17) is 0 Å². The average molecular weight is 239 g/mol. The SMILES string of the molecule is Cc1nc(CN2CCN(C)CC2)sc1C=O. The number of piperazine rings is 1. The first kappa shape index (κ1) is 11.7. The number of aldehydes is 1. The number of aromatic nitrogens is 1. The molecule has 0 aromatic carbocycles. The van der Waals surface area contributed by atoms with Gasteiger partial charge in [-0.2, -0.15) is 0 Å². The maximum absolute atomic E-state index is 10.7. The van der Waals surface area contributed by atoms with Crippen LogP contribution in [0.4, 0.5) is 0 Å². The summed E-state index contributed by atoms with van der Waals surface area (Å²) in [4.78, 5) is 20.6. The van der Waals surface area contributed by atoms with Crippen LogP contribution in [0.5, 0.6) is 0 Å². The maximum atomic E-state index is 10.7. The Morgan fingerprint density at radius 1 is 1.38 bits per heavy atom. The van der Waals surface area contributed by atoms with Gasteiger partial charge >= 0.3 is 0 Å². The molecule has 1 aromatic heterocycles. The summed E-state index contributed by atoms with van der Waals surface area (Å²) in [5.74, 6) is 0. The highest BCUT2D eigenvalue weighted by molar-refractivity contribution is 7.13. The van der Waals surface area contributed by atoms with E-state index in [1.807, 2.05) is 6.92 Å². The molecule has 0 aliphatic carbocycles. The Hall–Kier alpha value is -0.780. The molecule has 0 saturated carbocycles. The van der Waals surface area contributed by atoms with Crippen LogP contribution >= 0.6 is 11.3 Å². The number of hydrogen-bond acceptors (Lipinski definition) is 5. The van der Waals surface area contributed by atoms with E-state index in [-0.39, 0.29) is 0 Å². The Labute approximate surface area is 99.9 Å². The van der Waals surface area contributed by atoms with Gasteiger partial charge in [0.1, 0.15) is 5.01 Å². The van der Waals surface area contributed by atoms with E-state index >= 15 is 0 Å². The van der Waals surface area contributed by atoms with Gasteiger partial charge in [0.05, 0.1) is 17.1 Å². The van der Waals surface area contributed by atoms with E-state index in [1.165, 1.54) is 11.3 Å². The number of carbonyl (C=O) groups excluding carboxylic acids is 1. The molecule has 0 N–H and O–H groups in total. The first-order valence-electron chi connectivity index (χ1n) is 5.51. The Morgan fingerprint density at radius 2 is 2.06 bits per heavy atom. The van der Waals surface area contributed by atoms with Crippen LogP contribution in [0.25, 0.3) is 0 Å². The van der Waals surface area contributed by atoms with E-state index < -0.39 is 0 Å². The summed E-state index contributed by atoms with van der Waals surface area (Å²) in [6.07, 6.45) is 0.903. The smallest absolute Gasteiger partial charge is 0.161 e. The molecule has 1 saturated heterocycles. The molecule has 5 heteroatoms. The summed E-state index contributed by atoms with van der Waals surface area (Å²) >= 11 is 1.52. The number of hydrogen-bond donors (Lipinski definition) is 0. The Morgan fingerprint density at radius 3 is 2.62 bits per heavy atom. The molecule has 2 heterocycles. The van der Waals surface area contributed by atoms with Gasteiger partial charge < -0.3 is 4.90 Å². The number of nitrogens with zero attached hydrogens (tertiary/aromatic N) is 3. The Balaban J connectivity index is 1.95. The van der Waals surface area contributed by atoms with Gasteiger partial charge in [0.15, 0.2) is 6.29 Å². The largest absolute Gasteiger partial charge is 0.304 e. The van der Waals surface area contributed by atoms with E-state index in [0.717, 1.165) is 54.6 Å². The number of thiazole rings is 1. The highest BCUT2D eigenvalue weighted by Crippen LogP contribution is 2.18. The molecule has 0 atom stereocenters. The van der Waals surface area contributed by atoms with Gasteiger partial charge in [-0.1, -0.05) is 0 Å². The number of aryl methyl sites for hydroxylation is 1. The second-order valence-electron chi connectivity index (χ2n) is 4.25. The van der Waals surface area contributed by atoms with E-state index in [9.17, 15) is 4.79 Å². The summed E-state index contributed by atoms with van der Waals surface area (Å²) in [5.41, 5.74) is 0.865. The zero-order chi connectivity index (χ0) is 11.5. The van der Waals surface area contributed by atoms with Gasteiger partial charge in [-0.15, -0.1) is 11.3 Å². The topological polar surface area (TPSA) is 36.4 Å². The van der Waals surface area contributed by atoms with Gasteiger partial charge in [-0.25, -0.2) is 4.98 Å². The van der Waals surface area contributed by atoms with Crippen LogP contribution in [0.3, 0.4) is 0 Å². The summed E-state index contributed by atoms with van der Waals surface area (Å²) in [6.45, 7) is 7.19.